The molecule has 0 fully saturated rings. The van der Waals surface area contributed by atoms with Crippen molar-refractivity contribution in [3.05, 3.63) is 44.5 Å². The van der Waals surface area contributed by atoms with Crippen LogP contribution in [0, 0.1) is 13.8 Å². The van der Waals surface area contributed by atoms with Crippen LogP contribution < -0.4 is 5.73 Å². The SMILES string of the molecule is Cc1sc2nc(CSc3c(Cl)cccc3Cl)nc(N)c2c1C. The molecule has 0 atom stereocenters. The zero-order chi connectivity index (χ0) is 15.9. The Morgan fingerprint density at radius 3 is 2.55 bits per heavy atom. The van der Waals surface area contributed by atoms with Crippen LogP contribution in [0.4, 0.5) is 5.82 Å². The van der Waals surface area contributed by atoms with E-state index in [1.54, 1.807) is 11.3 Å². The van der Waals surface area contributed by atoms with E-state index in [0.717, 1.165) is 20.7 Å². The quantitative estimate of drug-likeness (QED) is 0.620. The summed E-state index contributed by atoms with van der Waals surface area (Å²) >= 11 is 15.5. The van der Waals surface area contributed by atoms with Crippen LogP contribution in [0.3, 0.4) is 0 Å². The van der Waals surface area contributed by atoms with Gasteiger partial charge in [0.1, 0.15) is 16.5 Å². The fourth-order valence-corrected chi connectivity index (χ4v) is 4.74. The molecule has 0 saturated carbocycles. The summed E-state index contributed by atoms with van der Waals surface area (Å²) < 4.78 is 0. The molecule has 7 heteroatoms. The third-order valence-corrected chi connectivity index (χ3v) is 6.45. The van der Waals surface area contributed by atoms with Crippen LogP contribution in [0.25, 0.3) is 10.2 Å². The summed E-state index contributed by atoms with van der Waals surface area (Å²) in [5.41, 5.74) is 7.25. The minimum atomic E-state index is 0.535. The molecule has 0 spiro atoms. The molecule has 0 unspecified atom stereocenters. The van der Waals surface area contributed by atoms with Crippen molar-refractivity contribution in [3.63, 3.8) is 0 Å². The first-order valence-electron chi connectivity index (χ1n) is 6.56. The number of benzene rings is 1. The Balaban J connectivity index is 1.92. The average molecular weight is 370 g/mol. The second-order valence-corrected chi connectivity index (χ2v) is 7.83. The van der Waals surface area contributed by atoms with Crippen molar-refractivity contribution < 1.29 is 0 Å². The molecule has 0 radical (unpaired) electrons. The monoisotopic (exact) mass is 369 g/mol. The topological polar surface area (TPSA) is 51.8 Å². The largest absolute Gasteiger partial charge is 0.383 e. The van der Waals surface area contributed by atoms with Gasteiger partial charge in [-0.3, -0.25) is 0 Å². The number of nitrogen functional groups attached to an aromatic ring is 1. The molecule has 0 aliphatic rings. The lowest BCUT2D eigenvalue weighted by molar-refractivity contribution is 1.08. The number of halogens is 2. The minimum absolute atomic E-state index is 0.535. The van der Waals surface area contributed by atoms with E-state index in [0.29, 0.717) is 27.4 Å². The number of aromatic nitrogens is 2. The van der Waals surface area contributed by atoms with Crippen molar-refractivity contribution in [2.45, 2.75) is 24.5 Å². The summed E-state index contributed by atoms with van der Waals surface area (Å²) in [5, 5.41) is 2.23. The number of thioether (sulfide) groups is 1. The van der Waals surface area contributed by atoms with Crippen molar-refractivity contribution in [1.29, 1.82) is 0 Å². The van der Waals surface area contributed by atoms with Crippen molar-refractivity contribution >= 4 is 62.3 Å². The predicted octanol–water partition coefficient (Wildman–Crippen LogP) is 5.49. The van der Waals surface area contributed by atoms with E-state index in [9.17, 15) is 0 Å². The number of hydrogen-bond donors (Lipinski definition) is 1. The van der Waals surface area contributed by atoms with Gasteiger partial charge in [-0.05, 0) is 31.5 Å². The van der Waals surface area contributed by atoms with Gasteiger partial charge in [-0.1, -0.05) is 29.3 Å². The Labute approximate surface area is 146 Å². The summed E-state index contributed by atoms with van der Waals surface area (Å²) in [6.07, 6.45) is 0. The molecule has 0 aliphatic heterocycles. The highest BCUT2D eigenvalue weighted by Gasteiger charge is 2.14. The van der Waals surface area contributed by atoms with Gasteiger partial charge >= 0.3 is 0 Å². The fourth-order valence-electron chi connectivity index (χ4n) is 2.15. The van der Waals surface area contributed by atoms with Crippen LogP contribution >= 0.6 is 46.3 Å². The standard InChI is InChI=1S/C15H13Cl2N3S2/c1-7-8(2)22-15-12(7)14(18)19-11(20-15)6-21-13-9(16)4-3-5-10(13)17/h3-5H,6H2,1-2H3,(H2,18,19,20). The molecule has 3 nitrogen and oxygen atoms in total. The highest BCUT2D eigenvalue weighted by molar-refractivity contribution is 7.98. The van der Waals surface area contributed by atoms with Crippen molar-refractivity contribution in [2.24, 2.45) is 0 Å². The van der Waals surface area contributed by atoms with E-state index < -0.39 is 0 Å². The Morgan fingerprint density at radius 2 is 1.86 bits per heavy atom. The van der Waals surface area contributed by atoms with Gasteiger partial charge in [0.15, 0.2) is 0 Å². The molecular formula is C15H13Cl2N3S2. The zero-order valence-electron chi connectivity index (χ0n) is 12.0. The highest BCUT2D eigenvalue weighted by atomic mass is 35.5. The Bertz CT molecular complexity index is 841. The lowest BCUT2D eigenvalue weighted by atomic mass is 10.2. The van der Waals surface area contributed by atoms with Crippen LogP contribution in [0.1, 0.15) is 16.3 Å². The summed E-state index contributed by atoms with van der Waals surface area (Å²) in [6.45, 7) is 4.12. The third kappa shape index (κ3) is 2.91. The van der Waals surface area contributed by atoms with Gasteiger partial charge in [-0.25, -0.2) is 9.97 Å². The smallest absolute Gasteiger partial charge is 0.142 e. The Morgan fingerprint density at radius 1 is 1.18 bits per heavy atom. The van der Waals surface area contributed by atoms with Gasteiger partial charge in [0.2, 0.25) is 0 Å². The number of fused-ring (bicyclic) bond motifs is 1. The maximum atomic E-state index is 6.18. The van der Waals surface area contributed by atoms with Crippen LogP contribution in [-0.4, -0.2) is 9.97 Å². The van der Waals surface area contributed by atoms with E-state index in [1.165, 1.54) is 16.6 Å². The second-order valence-electron chi connectivity index (χ2n) is 4.83. The van der Waals surface area contributed by atoms with Gasteiger partial charge in [0.25, 0.3) is 0 Å². The molecule has 0 saturated heterocycles. The lowest BCUT2D eigenvalue weighted by Gasteiger charge is -2.06. The summed E-state index contributed by atoms with van der Waals surface area (Å²) in [4.78, 5) is 12.0. The first-order chi connectivity index (χ1) is 10.5. The average Bonchev–Trinajstić information content (AvgIpc) is 2.74. The third-order valence-electron chi connectivity index (χ3n) is 3.37. The Hall–Kier alpha value is -1.01. The molecule has 2 N–H and O–H groups in total. The highest BCUT2D eigenvalue weighted by Crippen LogP contribution is 2.36. The maximum Gasteiger partial charge on any atom is 0.142 e. The maximum absolute atomic E-state index is 6.18. The number of nitrogens with two attached hydrogens (primary N) is 1. The molecule has 0 amide bonds. The zero-order valence-corrected chi connectivity index (χ0v) is 15.1. The summed E-state index contributed by atoms with van der Waals surface area (Å²) in [5.74, 6) is 1.79. The lowest BCUT2D eigenvalue weighted by Crippen LogP contribution is -1.99. The van der Waals surface area contributed by atoms with Crippen molar-refractivity contribution in [2.75, 3.05) is 5.73 Å². The molecule has 2 aromatic heterocycles. The van der Waals surface area contributed by atoms with Crippen LogP contribution in [0.5, 0.6) is 0 Å². The summed E-state index contributed by atoms with van der Waals surface area (Å²) in [6, 6.07) is 5.47. The van der Waals surface area contributed by atoms with E-state index >= 15 is 0 Å². The van der Waals surface area contributed by atoms with Gasteiger partial charge in [-0.15, -0.1) is 23.1 Å². The number of thiophene rings is 1. The molecule has 3 rings (SSSR count). The van der Waals surface area contributed by atoms with Crippen LogP contribution in [0.2, 0.25) is 10.0 Å². The van der Waals surface area contributed by atoms with Gasteiger partial charge in [-0.2, -0.15) is 0 Å². The molecule has 1 aromatic carbocycles. The first-order valence-corrected chi connectivity index (χ1v) is 9.12. The molecular weight excluding hydrogens is 357 g/mol. The van der Waals surface area contributed by atoms with Crippen molar-refractivity contribution in [1.82, 2.24) is 9.97 Å². The number of rotatable bonds is 3. The Kier molecular flexibility index (Phi) is 4.50. The van der Waals surface area contributed by atoms with Crippen LogP contribution in [-0.2, 0) is 5.75 Å². The molecule has 0 aliphatic carbocycles. The molecule has 3 aromatic rings. The van der Waals surface area contributed by atoms with Gasteiger partial charge < -0.3 is 5.73 Å². The van der Waals surface area contributed by atoms with E-state index in [4.69, 9.17) is 28.9 Å². The first kappa shape index (κ1) is 15.9. The minimum Gasteiger partial charge on any atom is -0.383 e. The summed E-state index contributed by atoms with van der Waals surface area (Å²) in [7, 11) is 0. The number of nitrogens with zero attached hydrogens (tertiary/aromatic N) is 2. The van der Waals surface area contributed by atoms with E-state index in [1.807, 2.05) is 25.1 Å². The number of anilines is 1. The molecule has 2 heterocycles. The van der Waals surface area contributed by atoms with E-state index in [2.05, 4.69) is 16.9 Å². The van der Waals surface area contributed by atoms with Gasteiger partial charge in [0, 0.05) is 9.77 Å². The number of aryl methyl sites for hydroxylation is 2. The second kappa shape index (κ2) is 6.24. The van der Waals surface area contributed by atoms with E-state index in [-0.39, 0.29) is 0 Å². The van der Waals surface area contributed by atoms with Gasteiger partial charge in [0.05, 0.1) is 21.2 Å². The predicted molar refractivity (Wildman–Crippen MR) is 97.3 cm³/mol. The number of hydrogen-bond acceptors (Lipinski definition) is 5. The molecule has 22 heavy (non-hydrogen) atoms. The molecule has 0 bridgehead atoms. The molecule has 114 valence electrons. The normalized spacial score (nSPS) is 11.3. The van der Waals surface area contributed by atoms with Crippen LogP contribution in [0.15, 0.2) is 23.1 Å². The van der Waals surface area contributed by atoms with Crippen molar-refractivity contribution in [3.8, 4) is 0 Å². The fraction of sp³-hybridized carbons (Fsp3) is 0.200.